The third kappa shape index (κ3) is 5.05. The summed E-state index contributed by atoms with van der Waals surface area (Å²) in [4.78, 5) is 41.6. The number of pyridine rings is 2. The summed E-state index contributed by atoms with van der Waals surface area (Å²) in [5.74, 6) is 1.56. The van der Waals surface area contributed by atoms with Crippen molar-refractivity contribution >= 4 is 56.0 Å². The Bertz CT molecular complexity index is 1440. The molecule has 6 heterocycles. The molecule has 198 valence electrons. The maximum atomic E-state index is 11.2. The lowest BCUT2D eigenvalue weighted by molar-refractivity contribution is 0.142. The number of piperazine rings is 2. The van der Waals surface area contributed by atoms with Crippen LogP contribution in [0.1, 0.15) is 10.7 Å². The Kier molecular flexibility index (Phi) is 6.89. The SMILES string of the molecule is Cc1nc(CN2CCN(c3c(Br)cnc4nc(-c5ccc(N6CCN(C(=O)O)CC6)nc5)[nH]c34)CC2)cs1. The van der Waals surface area contributed by atoms with Crippen LogP contribution in [0.4, 0.5) is 16.3 Å². The highest BCUT2D eigenvalue weighted by Gasteiger charge is 2.24. The van der Waals surface area contributed by atoms with Crippen LogP contribution in [0, 0.1) is 6.92 Å². The number of amides is 1. The van der Waals surface area contributed by atoms with E-state index in [0.29, 0.717) is 31.8 Å². The number of nitrogens with one attached hydrogen (secondary N) is 1. The minimum atomic E-state index is -0.870. The Labute approximate surface area is 232 Å². The van der Waals surface area contributed by atoms with Gasteiger partial charge in [0, 0.05) is 82.2 Å². The molecule has 0 saturated carbocycles. The predicted molar refractivity (Wildman–Crippen MR) is 151 cm³/mol. The second-order valence-corrected chi connectivity index (χ2v) is 11.4. The van der Waals surface area contributed by atoms with E-state index in [2.05, 4.69) is 55.9 Å². The van der Waals surface area contributed by atoms with E-state index in [-0.39, 0.29) is 0 Å². The van der Waals surface area contributed by atoms with Gasteiger partial charge in [0.05, 0.1) is 20.9 Å². The smallest absolute Gasteiger partial charge is 0.407 e. The van der Waals surface area contributed by atoms with Crippen molar-refractivity contribution in [1.29, 1.82) is 0 Å². The minimum absolute atomic E-state index is 0.477. The van der Waals surface area contributed by atoms with E-state index in [9.17, 15) is 9.90 Å². The topological polar surface area (TPSA) is 118 Å². The molecule has 0 atom stereocenters. The summed E-state index contributed by atoms with van der Waals surface area (Å²) in [7, 11) is 0. The van der Waals surface area contributed by atoms with Gasteiger partial charge in [0.25, 0.3) is 0 Å². The Hall–Kier alpha value is -3.29. The van der Waals surface area contributed by atoms with Crippen molar-refractivity contribution in [2.75, 3.05) is 62.2 Å². The lowest BCUT2D eigenvalue weighted by Crippen LogP contribution is -2.48. The van der Waals surface area contributed by atoms with Crippen molar-refractivity contribution in [3.63, 3.8) is 0 Å². The summed E-state index contributed by atoms with van der Waals surface area (Å²) in [6.45, 7) is 8.86. The second-order valence-electron chi connectivity index (χ2n) is 9.52. The molecular weight excluding hydrogens is 570 g/mol. The van der Waals surface area contributed by atoms with Gasteiger partial charge in [-0.05, 0) is 35.0 Å². The van der Waals surface area contributed by atoms with Crippen LogP contribution in [0.15, 0.2) is 34.4 Å². The predicted octanol–water partition coefficient (Wildman–Crippen LogP) is 3.67. The van der Waals surface area contributed by atoms with Crippen LogP contribution < -0.4 is 9.80 Å². The summed E-state index contributed by atoms with van der Waals surface area (Å²) in [6, 6.07) is 3.96. The number of thiazole rings is 1. The molecule has 4 aromatic rings. The second kappa shape index (κ2) is 10.5. The van der Waals surface area contributed by atoms with Crippen LogP contribution in [0.25, 0.3) is 22.6 Å². The van der Waals surface area contributed by atoms with Gasteiger partial charge in [0.2, 0.25) is 0 Å². The minimum Gasteiger partial charge on any atom is -0.465 e. The quantitative estimate of drug-likeness (QED) is 0.355. The zero-order chi connectivity index (χ0) is 26.2. The van der Waals surface area contributed by atoms with Crippen molar-refractivity contribution in [2.24, 2.45) is 0 Å². The summed E-state index contributed by atoms with van der Waals surface area (Å²) in [5, 5.41) is 12.4. The molecule has 0 bridgehead atoms. The van der Waals surface area contributed by atoms with E-state index < -0.39 is 6.09 Å². The van der Waals surface area contributed by atoms with Gasteiger partial charge < -0.3 is 24.8 Å². The van der Waals surface area contributed by atoms with E-state index in [0.717, 1.165) is 76.3 Å². The number of hydrogen-bond donors (Lipinski definition) is 2. The maximum Gasteiger partial charge on any atom is 0.407 e. The number of fused-ring (bicyclic) bond motifs is 1. The molecule has 1 amide bonds. The first kappa shape index (κ1) is 25.0. The van der Waals surface area contributed by atoms with Crippen LogP contribution in [0.3, 0.4) is 0 Å². The number of imidazole rings is 1. The van der Waals surface area contributed by atoms with E-state index in [1.165, 1.54) is 4.90 Å². The molecular formula is C25H28BrN9O2S. The number of hydrogen-bond acceptors (Lipinski definition) is 9. The molecule has 2 aliphatic heterocycles. The Morgan fingerprint density at radius 3 is 2.45 bits per heavy atom. The number of halogens is 1. The average Bonchev–Trinajstić information content (AvgIpc) is 3.55. The molecule has 13 heteroatoms. The largest absolute Gasteiger partial charge is 0.465 e. The number of H-pyrrole nitrogens is 1. The number of anilines is 2. The van der Waals surface area contributed by atoms with E-state index in [1.807, 2.05) is 31.5 Å². The van der Waals surface area contributed by atoms with Crippen molar-refractivity contribution in [3.8, 4) is 11.4 Å². The molecule has 2 saturated heterocycles. The fourth-order valence-electron chi connectivity index (χ4n) is 5.05. The van der Waals surface area contributed by atoms with Crippen molar-refractivity contribution in [3.05, 3.63) is 45.1 Å². The molecule has 11 nitrogen and oxygen atoms in total. The van der Waals surface area contributed by atoms with Crippen molar-refractivity contribution in [1.82, 2.24) is 34.7 Å². The normalized spacial score (nSPS) is 16.9. The van der Waals surface area contributed by atoms with Crippen molar-refractivity contribution in [2.45, 2.75) is 13.5 Å². The average molecular weight is 599 g/mol. The monoisotopic (exact) mass is 597 g/mol. The molecule has 2 aliphatic rings. The van der Waals surface area contributed by atoms with Gasteiger partial charge in [0.15, 0.2) is 5.65 Å². The molecule has 0 aromatic carbocycles. The maximum absolute atomic E-state index is 11.2. The van der Waals surface area contributed by atoms with Gasteiger partial charge in [-0.2, -0.15) is 0 Å². The van der Waals surface area contributed by atoms with Crippen LogP contribution in [0.5, 0.6) is 0 Å². The lowest BCUT2D eigenvalue weighted by Gasteiger charge is -2.36. The molecule has 2 fully saturated rings. The molecule has 4 aromatic heterocycles. The highest BCUT2D eigenvalue weighted by molar-refractivity contribution is 9.10. The summed E-state index contributed by atoms with van der Waals surface area (Å²) in [6.07, 6.45) is 2.76. The van der Waals surface area contributed by atoms with Crippen LogP contribution in [-0.4, -0.2) is 98.3 Å². The highest BCUT2D eigenvalue weighted by atomic mass is 79.9. The fraction of sp³-hybridized carbons (Fsp3) is 0.400. The molecule has 0 aliphatic carbocycles. The van der Waals surface area contributed by atoms with Crippen LogP contribution in [-0.2, 0) is 6.54 Å². The van der Waals surface area contributed by atoms with Crippen LogP contribution >= 0.6 is 27.3 Å². The number of aromatic amines is 1. The number of carbonyl (C=O) groups is 1. The van der Waals surface area contributed by atoms with Gasteiger partial charge in [-0.1, -0.05) is 0 Å². The van der Waals surface area contributed by atoms with E-state index in [4.69, 9.17) is 4.98 Å². The van der Waals surface area contributed by atoms with Crippen LogP contribution in [0.2, 0.25) is 0 Å². The molecule has 0 unspecified atom stereocenters. The Balaban J connectivity index is 1.17. The highest BCUT2D eigenvalue weighted by Crippen LogP contribution is 2.34. The first-order valence-corrected chi connectivity index (χ1v) is 14.2. The molecule has 0 radical (unpaired) electrons. The fourth-order valence-corrected chi connectivity index (χ4v) is 6.20. The third-order valence-corrected chi connectivity index (χ3v) is 8.49. The third-order valence-electron chi connectivity index (χ3n) is 7.08. The summed E-state index contributed by atoms with van der Waals surface area (Å²) >= 11 is 5.43. The number of nitrogens with zero attached hydrogens (tertiary/aromatic N) is 8. The number of aryl methyl sites for hydroxylation is 1. The standard InChI is InChI=1S/C25H28BrN9O2S/c1-16-29-18(15-38-16)14-32-4-6-34(7-5-32)22-19(26)13-28-24-21(22)30-23(31-24)17-2-3-20(27-12-17)33-8-10-35(11-9-33)25(36)37/h2-3,12-13,15H,4-11,14H2,1H3,(H,36,37)(H,28,30,31). The van der Waals surface area contributed by atoms with Gasteiger partial charge in [-0.15, -0.1) is 11.3 Å². The molecule has 6 rings (SSSR count). The number of rotatable bonds is 5. The first-order valence-electron chi connectivity index (χ1n) is 12.6. The summed E-state index contributed by atoms with van der Waals surface area (Å²) in [5.41, 5.74) is 4.69. The number of carboxylic acid groups (broad SMARTS) is 1. The number of aromatic nitrogens is 5. The molecule has 38 heavy (non-hydrogen) atoms. The van der Waals surface area contributed by atoms with Gasteiger partial charge >= 0.3 is 6.09 Å². The first-order chi connectivity index (χ1) is 18.4. The lowest BCUT2D eigenvalue weighted by atomic mass is 10.2. The molecule has 0 spiro atoms. The van der Waals surface area contributed by atoms with Gasteiger partial charge in [-0.3, -0.25) is 4.90 Å². The zero-order valence-electron chi connectivity index (χ0n) is 21.0. The van der Waals surface area contributed by atoms with Gasteiger partial charge in [-0.25, -0.2) is 24.7 Å². The zero-order valence-corrected chi connectivity index (χ0v) is 23.4. The Morgan fingerprint density at radius 2 is 1.79 bits per heavy atom. The van der Waals surface area contributed by atoms with Gasteiger partial charge in [0.1, 0.15) is 17.2 Å². The van der Waals surface area contributed by atoms with E-state index in [1.54, 1.807) is 11.3 Å². The van der Waals surface area contributed by atoms with Crippen molar-refractivity contribution < 1.29 is 9.90 Å². The van der Waals surface area contributed by atoms with E-state index >= 15 is 0 Å². The Morgan fingerprint density at radius 1 is 1.03 bits per heavy atom. The molecule has 2 N–H and O–H groups in total. The summed E-state index contributed by atoms with van der Waals surface area (Å²) < 4.78 is 0.942.